The molecule has 0 saturated carbocycles. The van der Waals surface area contributed by atoms with E-state index in [2.05, 4.69) is 14.7 Å². The predicted molar refractivity (Wildman–Crippen MR) is 99.3 cm³/mol. The van der Waals surface area contributed by atoms with Crippen LogP contribution in [0.25, 0.3) is 0 Å². The summed E-state index contributed by atoms with van der Waals surface area (Å²) in [4.78, 5) is 22.7. The van der Waals surface area contributed by atoms with E-state index in [0.717, 1.165) is 5.56 Å². The third-order valence-corrected chi connectivity index (χ3v) is 6.63. The van der Waals surface area contributed by atoms with Crippen LogP contribution in [0.2, 0.25) is 0 Å². The molecule has 1 aromatic carbocycles. The first-order valence-electron chi connectivity index (χ1n) is 8.85. The van der Waals surface area contributed by atoms with E-state index in [4.69, 9.17) is 4.74 Å². The largest absolute Gasteiger partial charge is 0.465 e. The zero-order chi connectivity index (χ0) is 19.7. The van der Waals surface area contributed by atoms with Gasteiger partial charge in [-0.05, 0) is 24.3 Å². The van der Waals surface area contributed by atoms with Crippen molar-refractivity contribution in [1.29, 1.82) is 0 Å². The van der Waals surface area contributed by atoms with E-state index in [9.17, 15) is 13.2 Å². The number of benzene rings is 1. The molecule has 10 heteroatoms. The maximum Gasteiger partial charge on any atom is 0.337 e. The molecule has 0 N–H and O–H groups in total. The number of nitrogens with zero attached hydrogens (tertiary/aromatic N) is 4. The summed E-state index contributed by atoms with van der Waals surface area (Å²) in [5, 5.41) is 0. The normalized spacial score (nSPS) is 17.4. The zero-order valence-electron chi connectivity index (χ0n) is 15.4. The Morgan fingerprint density at radius 3 is 2.54 bits per heavy atom. The molecule has 0 atom stereocenters. The van der Waals surface area contributed by atoms with E-state index in [-0.39, 0.29) is 18.0 Å². The van der Waals surface area contributed by atoms with Gasteiger partial charge in [-0.25, -0.2) is 23.2 Å². The van der Waals surface area contributed by atoms with Crippen LogP contribution < -0.4 is 4.90 Å². The first-order valence-corrected chi connectivity index (χ1v) is 10.3. The molecule has 1 fully saturated rings. The van der Waals surface area contributed by atoms with Crippen LogP contribution in [0.1, 0.15) is 21.6 Å². The predicted octanol–water partition coefficient (Wildman–Crippen LogP) is 0.804. The van der Waals surface area contributed by atoms with Gasteiger partial charge in [-0.3, -0.25) is 0 Å². The number of fused-ring (bicyclic) bond motifs is 1. The standard InChI is InChI=1S/C18H20N4O5S/c1-26-17(23)13-2-4-15(5-3-13)28(24,25)22-11-14-10-19-18(20-16(14)12-22)21-6-8-27-9-7-21/h2-5,10H,6-9,11-12H2,1H3. The molecule has 0 unspecified atom stereocenters. The van der Waals surface area contributed by atoms with Gasteiger partial charge in [-0.2, -0.15) is 4.31 Å². The fourth-order valence-electron chi connectivity index (χ4n) is 3.23. The van der Waals surface area contributed by atoms with Gasteiger partial charge >= 0.3 is 5.97 Å². The van der Waals surface area contributed by atoms with Gasteiger partial charge in [-0.15, -0.1) is 0 Å². The van der Waals surface area contributed by atoms with Crippen molar-refractivity contribution in [3.8, 4) is 0 Å². The minimum Gasteiger partial charge on any atom is -0.465 e. The van der Waals surface area contributed by atoms with E-state index >= 15 is 0 Å². The monoisotopic (exact) mass is 404 g/mol. The lowest BCUT2D eigenvalue weighted by Gasteiger charge is -2.26. The van der Waals surface area contributed by atoms with Gasteiger partial charge < -0.3 is 14.4 Å². The number of esters is 1. The van der Waals surface area contributed by atoms with Gasteiger partial charge in [0, 0.05) is 31.4 Å². The maximum absolute atomic E-state index is 13.0. The topological polar surface area (TPSA) is 102 Å². The summed E-state index contributed by atoms with van der Waals surface area (Å²) in [6, 6.07) is 5.71. The summed E-state index contributed by atoms with van der Waals surface area (Å²) in [6.45, 7) is 3.10. The second kappa shape index (κ2) is 7.46. The highest BCUT2D eigenvalue weighted by atomic mass is 32.2. The average Bonchev–Trinajstić information content (AvgIpc) is 3.18. The molecule has 2 aliphatic heterocycles. The second-order valence-corrected chi connectivity index (χ2v) is 8.47. The van der Waals surface area contributed by atoms with Crippen molar-refractivity contribution in [2.75, 3.05) is 38.3 Å². The molecule has 9 nitrogen and oxygen atoms in total. The first kappa shape index (κ1) is 18.8. The summed E-state index contributed by atoms with van der Waals surface area (Å²) in [7, 11) is -2.44. The number of rotatable bonds is 4. The van der Waals surface area contributed by atoms with E-state index in [1.54, 1.807) is 6.20 Å². The molecule has 2 aromatic rings. The highest BCUT2D eigenvalue weighted by molar-refractivity contribution is 7.89. The second-order valence-electron chi connectivity index (χ2n) is 6.53. The molecule has 2 aliphatic rings. The number of carbonyl (C=O) groups excluding carboxylic acids is 1. The van der Waals surface area contributed by atoms with Crippen LogP contribution in [0.3, 0.4) is 0 Å². The zero-order valence-corrected chi connectivity index (χ0v) is 16.2. The third kappa shape index (κ3) is 3.46. The Morgan fingerprint density at radius 2 is 1.86 bits per heavy atom. The maximum atomic E-state index is 13.0. The Morgan fingerprint density at radius 1 is 1.14 bits per heavy atom. The van der Waals surface area contributed by atoms with Crippen molar-refractivity contribution in [3.63, 3.8) is 0 Å². The fraction of sp³-hybridized carbons (Fsp3) is 0.389. The number of hydrogen-bond acceptors (Lipinski definition) is 8. The number of anilines is 1. The number of sulfonamides is 1. The molecular formula is C18H20N4O5S. The van der Waals surface area contributed by atoms with Crippen LogP contribution in [0.5, 0.6) is 0 Å². The Bertz CT molecular complexity index is 988. The van der Waals surface area contributed by atoms with Gasteiger partial charge in [0.2, 0.25) is 16.0 Å². The van der Waals surface area contributed by atoms with E-state index in [0.29, 0.717) is 43.5 Å². The average molecular weight is 404 g/mol. The van der Waals surface area contributed by atoms with Crippen LogP contribution >= 0.6 is 0 Å². The molecule has 1 aromatic heterocycles. The quantitative estimate of drug-likeness (QED) is 0.690. The summed E-state index contributed by atoms with van der Waals surface area (Å²) in [5.74, 6) is 0.0900. The van der Waals surface area contributed by atoms with Crippen molar-refractivity contribution in [2.45, 2.75) is 18.0 Å². The molecule has 3 heterocycles. The van der Waals surface area contributed by atoms with E-state index in [1.807, 2.05) is 4.90 Å². The fourth-order valence-corrected chi connectivity index (χ4v) is 4.61. The first-order chi connectivity index (χ1) is 13.5. The van der Waals surface area contributed by atoms with Crippen LogP contribution in [0, 0.1) is 0 Å². The van der Waals surface area contributed by atoms with E-state index < -0.39 is 16.0 Å². The third-order valence-electron chi connectivity index (χ3n) is 4.82. The van der Waals surface area contributed by atoms with Crippen molar-refractivity contribution in [2.24, 2.45) is 0 Å². The summed E-state index contributed by atoms with van der Waals surface area (Å²) < 4.78 is 37.3. The summed E-state index contributed by atoms with van der Waals surface area (Å²) >= 11 is 0. The molecule has 148 valence electrons. The van der Waals surface area contributed by atoms with Crippen LogP contribution in [0.4, 0.5) is 5.95 Å². The Hall–Kier alpha value is -2.56. The number of carbonyl (C=O) groups is 1. The van der Waals surface area contributed by atoms with Crippen LogP contribution in [0.15, 0.2) is 35.4 Å². The number of ether oxygens (including phenoxy) is 2. The minimum absolute atomic E-state index is 0.120. The number of hydrogen-bond donors (Lipinski definition) is 0. The molecular weight excluding hydrogens is 384 g/mol. The van der Waals surface area contributed by atoms with Gasteiger partial charge in [0.05, 0.1) is 43.0 Å². The SMILES string of the molecule is COC(=O)c1ccc(S(=O)(=O)N2Cc3cnc(N4CCOCC4)nc3C2)cc1. The van der Waals surface area contributed by atoms with Crippen LogP contribution in [-0.2, 0) is 32.6 Å². The molecule has 1 saturated heterocycles. The Kier molecular flexibility index (Phi) is 5.00. The summed E-state index contributed by atoms with van der Waals surface area (Å²) in [5.41, 5.74) is 1.81. The molecule has 0 radical (unpaired) electrons. The molecule has 28 heavy (non-hydrogen) atoms. The van der Waals surface area contributed by atoms with Crippen molar-refractivity contribution >= 4 is 21.9 Å². The van der Waals surface area contributed by atoms with Crippen molar-refractivity contribution in [3.05, 3.63) is 47.3 Å². The summed E-state index contributed by atoms with van der Waals surface area (Å²) in [6.07, 6.45) is 1.70. The molecule has 4 rings (SSSR count). The Balaban J connectivity index is 1.53. The van der Waals surface area contributed by atoms with Crippen molar-refractivity contribution in [1.82, 2.24) is 14.3 Å². The van der Waals surface area contributed by atoms with Gasteiger partial charge in [0.15, 0.2) is 0 Å². The van der Waals surface area contributed by atoms with Gasteiger partial charge in [0.25, 0.3) is 0 Å². The van der Waals surface area contributed by atoms with Crippen molar-refractivity contribution < 1.29 is 22.7 Å². The number of morpholine rings is 1. The highest BCUT2D eigenvalue weighted by Gasteiger charge is 2.32. The van der Waals surface area contributed by atoms with E-state index in [1.165, 1.54) is 35.7 Å². The lowest BCUT2D eigenvalue weighted by Crippen LogP contribution is -2.37. The molecule has 0 bridgehead atoms. The molecule has 0 aliphatic carbocycles. The lowest BCUT2D eigenvalue weighted by molar-refractivity contribution is 0.0600. The number of methoxy groups -OCH3 is 1. The smallest absolute Gasteiger partial charge is 0.337 e. The highest BCUT2D eigenvalue weighted by Crippen LogP contribution is 2.28. The van der Waals surface area contributed by atoms with Gasteiger partial charge in [0.1, 0.15) is 0 Å². The Labute approximate surface area is 163 Å². The minimum atomic E-state index is -3.71. The lowest BCUT2D eigenvalue weighted by atomic mass is 10.2. The van der Waals surface area contributed by atoms with Crippen LogP contribution in [-0.4, -0.2) is 62.1 Å². The molecule has 0 amide bonds. The molecule has 0 spiro atoms. The number of aromatic nitrogens is 2. The van der Waals surface area contributed by atoms with Gasteiger partial charge in [-0.1, -0.05) is 0 Å².